The summed E-state index contributed by atoms with van der Waals surface area (Å²) < 4.78 is 16.4. The molecule has 5 rings (SSSR count). The highest BCUT2D eigenvalue weighted by Crippen LogP contribution is 2.50. The van der Waals surface area contributed by atoms with Crippen LogP contribution in [-0.2, 0) is 16.8 Å². The summed E-state index contributed by atoms with van der Waals surface area (Å²) in [5.74, 6) is 0.287. The fourth-order valence-corrected chi connectivity index (χ4v) is 3.79. The van der Waals surface area contributed by atoms with Crippen molar-refractivity contribution in [1.29, 1.82) is 0 Å². The minimum Gasteiger partial charge on any atom is -0.461 e. The molecule has 1 aromatic carbocycles. The first-order valence-corrected chi connectivity index (χ1v) is 7.26. The average molecular weight is 300 g/mol. The summed E-state index contributed by atoms with van der Waals surface area (Å²) in [4.78, 5) is 24.0. The molecule has 1 aromatic heterocycles. The second-order valence-electron chi connectivity index (χ2n) is 5.98. The van der Waals surface area contributed by atoms with Gasteiger partial charge in [-0.15, -0.1) is 0 Å². The third-order valence-corrected chi connectivity index (χ3v) is 4.84. The van der Waals surface area contributed by atoms with E-state index in [9.17, 15) is 14.7 Å². The molecule has 2 aromatic rings. The standard InChI is InChI=1S/C16H12O6/c17-9-3-1-7-8-2-4-10-12(13(8)22-14(18)11(7)9)16(19)5-6-20-15(16)21-10/h2,4,15,19H,1,3,5-6H2. The predicted molar refractivity (Wildman–Crippen MR) is 74.0 cm³/mol. The van der Waals surface area contributed by atoms with Crippen molar-refractivity contribution >= 4 is 16.8 Å². The van der Waals surface area contributed by atoms with Gasteiger partial charge in [0.25, 0.3) is 0 Å². The Bertz CT molecular complexity index is 911. The van der Waals surface area contributed by atoms with Crippen molar-refractivity contribution in [2.24, 2.45) is 0 Å². The molecule has 0 amide bonds. The Morgan fingerprint density at radius 2 is 2.09 bits per heavy atom. The molecular formula is C16H12O6. The van der Waals surface area contributed by atoms with Crippen LogP contribution < -0.4 is 10.4 Å². The van der Waals surface area contributed by atoms with Crippen LogP contribution in [0.5, 0.6) is 5.75 Å². The van der Waals surface area contributed by atoms with Gasteiger partial charge in [-0.05, 0) is 24.1 Å². The zero-order chi connectivity index (χ0) is 15.1. The first kappa shape index (κ1) is 12.4. The van der Waals surface area contributed by atoms with Crippen LogP contribution in [0.4, 0.5) is 0 Å². The first-order valence-electron chi connectivity index (χ1n) is 7.26. The number of carbonyl (C=O) groups excluding carboxylic acids is 1. The van der Waals surface area contributed by atoms with Crippen LogP contribution in [0.1, 0.15) is 34.3 Å². The monoisotopic (exact) mass is 300 g/mol. The van der Waals surface area contributed by atoms with Crippen LogP contribution in [0.15, 0.2) is 21.3 Å². The second-order valence-corrected chi connectivity index (χ2v) is 5.98. The van der Waals surface area contributed by atoms with Gasteiger partial charge in [0.15, 0.2) is 11.4 Å². The lowest BCUT2D eigenvalue weighted by atomic mass is 9.90. The Balaban J connectivity index is 1.91. The van der Waals surface area contributed by atoms with Gasteiger partial charge >= 0.3 is 5.63 Å². The Hall–Kier alpha value is -2.18. The van der Waals surface area contributed by atoms with E-state index in [1.807, 2.05) is 0 Å². The minimum atomic E-state index is -1.30. The second kappa shape index (κ2) is 3.77. The number of fused-ring (bicyclic) bond motifs is 7. The van der Waals surface area contributed by atoms with E-state index < -0.39 is 17.5 Å². The number of aliphatic hydroxyl groups is 1. The lowest BCUT2D eigenvalue weighted by Crippen LogP contribution is -2.33. The molecular weight excluding hydrogens is 288 g/mol. The highest BCUT2D eigenvalue weighted by atomic mass is 16.7. The smallest absolute Gasteiger partial charge is 0.347 e. The maximum Gasteiger partial charge on any atom is 0.347 e. The van der Waals surface area contributed by atoms with Crippen LogP contribution >= 0.6 is 0 Å². The third kappa shape index (κ3) is 1.28. The lowest BCUT2D eigenvalue weighted by molar-refractivity contribution is -0.123. The van der Waals surface area contributed by atoms with Gasteiger partial charge < -0.3 is 19.0 Å². The topological polar surface area (TPSA) is 86.0 Å². The van der Waals surface area contributed by atoms with E-state index in [1.54, 1.807) is 12.1 Å². The number of Topliss-reactive ketones (excluding diaryl/α,β-unsaturated/α-hetero) is 1. The molecule has 2 aliphatic heterocycles. The number of hydrogen-bond acceptors (Lipinski definition) is 6. The summed E-state index contributed by atoms with van der Waals surface area (Å²) in [5, 5.41) is 11.6. The molecule has 0 radical (unpaired) electrons. The summed E-state index contributed by atoms with van der Waals surface area (Å²) in [6, 6.07) is 3.51. The van der Waals surface area contributed by atoms with Crippen molar-refractivity contribution in [3.8, 4) is 5.75 Å². The van der Waals surface area contributed by atoms with Gasteiger partial charge in [-0.25, -0.2) is 4.79 Å². The number of ether oxygens (including phenoxy) is 2. The summed E-state index contributed by atoms with van der Waals surface area (Å²) in [7, 11) is 0. The summed E-state index contributed by atoms with van der Waals surface area (Å²) >= 11 is 0. The number of carbonyl (C=O) groups is 1. The summed E-state index contributed by atoms with van der Waals surface area (Å²) in [5.41, 5.74) is -0.299. The van der Waals surface area contributed by atoms with Crippen molar-refractivity contribution in [2.75, 3.05) is 6.61 Å². The fourth-order valence-electron chi connectivity index (χ4n) is 3.79. The molecule has 22 heavy (non-hydrogen) atoms. The normalized spacial score (nSPS) is 28.6. The van der Waals surface area contributed by atoms with Crippen molar-refractivity contribution in [3.63, 3.8) is 0 Å². The Morgan fingerprint density at radius 1 is 1.23 bits per heavy atom. The van der Waals surface area contributed by atoms with Crippen LogP contribution in [0, 0.1) is 0 Å². The zero-order valence-corrected chi connectivity index (χ0v) is 11.5. The molecule has 112 valence electrons. The zero-order valence-electron chi connectivity index (χ0n) is 11.5. The van der Waals surface area contributed by atoms with E-state index >= 15 is 0 Å². The van der Waals surface area contributed by atoms with E-state index in [0.29, 0.717) is 53.7 Å². The molecule has 0 spiro atoms. The molecule has 2 unspecified atom stereocenters. The van der Waals surface area contributed by atoms with Crippen LogP contribution in [0.25, 0.3) is 11.0 Å². The maximum absolute atomic E-state index is 12.2. The van der Waals surface area contributed by atoms with Crippen LogP contribution in [0.3, 0.4) is 0 Å². The predicted octanol–water partition coefficient (Wildman–Crippen LogP) is 1.25. The summed E-state index contributed by atoms with van der Waals surface area (Å²) in [6.45, 7) is 0.380. The molecule has 1 saturated heterocycles. The van der Waals surface area contributed by atoms with Gasteiger partial charge in [0.2, 0.25) is 6.29 Å². The van der Waals surface area contributed by atoms with E-state index in [0.717, 1.165) is 0 Å². The average Bonchev–Trinajstić information content (AvgIpc) is 3.10. The van der Waals surface area contributed by atoms with Crippen LogP contribution in [0.2, 0.25) is 0 Å². The number of aryl methyl sites for hydroxylation is 1. The van der Waals surface area contributed by atoms with Gasteiger partial charge in [0.1, 0.15) is 16.9 Å². The molecule has 1 fully saturated rings. The number of hydrogen-bond donors (Lipinski definition) is 1. The van der Waals surface area contributed by atoms with Crippen molar-refractivity contribution in [3.05, 3.63) is 39.2 Å². The molecule has 0 saturated carbocycles. The molecule has 3 heterocycles. The SMILES string of the molecule is O=C1CCc2c1c(=O)oc1c3c(ccc21)OC1OCCC31O. The highest BCUT2D eigenvalue weighted by molar-refractivity contribution is 6.04. The van der Waals surface area contributed by atoms with E-state index in [1.165, 1.54) is 0 Å². The molecule has 1 aliphatic carbocycles. The van der Waals surface area contributed by atoms with E-state index in [2.05, 4.69) is 0 Å². The van der Waals surface area contributed by atoms with Crippen molar-refractivity contribution in [2.45, 2.75) is 31.2 Å². The maximum atomic E-state index is 12.2. The summed E-state index contributed by atoms with van der Waals surface area (Å²) in [6.07, 6.45) is 0.453. The van der Waals surface area contributed by atoms with Crippen molar-refractivity contribution in [1.82, 2.24) is 0 Å². The Morgan fingerprint density at radius 3 is 2.95 bits per heavy atom. The number of rotatable bonds is 0. The van der Waals surface area contributed by atoms with Gasteiger partial charge in [0, 0.05) is 18.2 Å². The van der Waals surface area contributed by atoms with Gasteiger partial charge in [-0.3, -0.25) is 4.79 Å². The molecule has 3 aliphatic rings. The largest absolute Gasteiger partial charge is 0.461 e. The van der Waals surface area contributed by atoms with E-state index in [4.69, 9.17) is 13.9 Å². The molecule has 6 nitrogen and oxygen atoms in total. The van der Waals surface area contributed by atoms with Crippen LogP contribution in [-0.4, -0.2) is 23.8 Å². The Kier molecular flexibility index (Phi) is 2.12. The molecule has 0 bridgehead atoms. The first-order chi connectivity index (χ1) is 10.6. The third-order valence-electron chi connectivity index (χ3n) is 4.84. The fraction of sp³-hybridized carbons (Fsp3) is 0.375. The number of ketones is 1. The van der Waals surface area contributed by atoms with E-state index in [-0.39, 0.29) is 11.3 Å². The quantitative estimate of drug-likeness (QED) is 0.737. The lowest BCUT2D eigenvalue weighted by Gasteiger charge is -2.19. The number of benzene rings is 1. The van der Waals surface area contributed by atoms with Gasteiger partial charge in [-0.2, -0.15) is 0 Å². The van der Waals surface area contributed by atoms with Gasteiger partial charge in [-0.1, -0.05) is 0 Å². The molecule has 1 N–H and O–H groups in total. The highest BCUT2D eigenvalue weighted by Gasteiger charge is 2.54. The molecule has 6 heteroatoms. The molecule has 2 atom stereocenters. The van der Waals surface area contributed by atoms with Gasteiger partial charge in [0.05, 0.1) is 12.2 Å². The van der Waals surface area contributed by atoms with Crippen molar-refractivity contribution < 1.29 is 23.8 Å². The Labute approximate surface area is 124 Å². The minimum absolute atomic E-state index is 0.151.